The zero-order valence-corrected chi connectivity index (χ0v) is 13.9. The number of benzene rings is 2. The Morgan fingerprint density at radius 3 is 2.50 bits per heavy atom. The fourth-order valence-corrected chi connectivity index (χ4v) is 2.62. The summed E-state index contributed by atoms with van der Waals surface area (Å²) in [5.41, 5.74) is 1.82. The van der Waals surface area contributed by atoms with E-state index in [0.29, 0.717) is 17.5 Å². The standard InChI is InChI=1S/C15H13BrCl2O2/c1-19-14-5-3-13(18)7-11(14)9-20-15-4-2-12(16)6-10(15)8-17/h2-7H,8-9H2,1H3. The van der Waals surface area contributed by atoms with E-state index in [4.69, 9.17) is 32.7 Å². The van der Waals surface area contributed by atoms with E-state index >= 15 is 0 Å². The highest BCUT2D eigenvalue weighted by molar-refractivity contribution is 9.10. The molecule has 0 aliphatic carbocycles. The number of halogens is 3. The fraction of sp³-hybridized carbons (Fsp3) is 0.200. The molecule has 5 heteroatoms. The number of hydrogen-bond donors (Lipinski definition) is 0. The lowest BCUT2D eigenvalue weighted by atomic mass is 10.2. The fourth-order valence-electron chi connectivity index (χ4n) is 1.81. The number of methoxy groups -OCH3 is 1. The van der Waals surface area contributed by atoms with Gasteiger partial charge < -0.3 is 9.47 Å². The zero-order valence-electron chi connectivity index (χ0n) is 10.8. The van der Waals surface area contributed by atoms with Gasteiger partial charge in [-0.05, 0) is 36.4 Å². The number of hydrogen-bond acceptors (Lipinski definition) is 2. The van der Waals surface area contributed by atoms with Crippen molar-refractivity contribution < 1.29 is 9.47 Å². The van der Waals surface area contributed by atoms with E-state index in [1.54, 1.807) is 13.2 Å². The third kappa shape index (κ3) is 3.81. The molecule has 0 N–H and O–H groups in total. The van der Waals surface area contributed by atoms with Gasteiger partial charge in [-0.3, -0.25) is 0 Å². The van der Waals surface area contributed by atoms with Crippen molar-refractivity contribution in [3.05, 3.63) is 57.0 Å². The summed E-state index contributed by atoms with van der Waals surface area (Å²) in [6.07, 6.45) is 0. The van der Waals surface area contributed by atoms with Crippen molar-refractivity contribution in [3.8, 4) is 11.5 Å². The highest BCUT2D eigenvalue weighted by atomic mass is 79.9. The summed E-state index contributed by atoms with van der Waals surface area (Å²) < 4.78 is 12.1. The summed E-state index contributed by atoms with van der Waals surface area (Å²) in [5, 5.41) is 0.651. The average molecular weight is 376 g/mol. The monoisotopic (exact) mass is 374 g/mol. The molecule has 106 valence electrons. The Morgan fingerprint density at radius 1 is 1.05 bits per heavy atom. The van der Waals surface area contributed by atoms with Crippen molar-refractivity contribution in [2.45, 2.75) is 12.5 Å². The lowest BCUT2D eigenvalue weighted by molar-refractivity contribution is 0.294. The lowest BCUT2D eigenvalue weighted by Gasteiger charge is -2.13. The van der Waals surface area contributed by atoms with Gasteiger partial charge in [0.1, 0.15) is 18.1 Å². The Hall–Kier alpha value is -0.900. The Balaban J connectivity index is 2.18. The topological polar surface area (TPSA) is 18.5 Å². The first-order valence-corrected chi connectivity index (χ1v) is 7.64. The predicted octanol–water partition coefficient (Wildman–Crippen LogP) is 5.43. The molecule has 0 aliphatic rings. The normalized spacial score (nSPS) is 10.4. The van der Waals surface area contributed by atoms with Gasteiger partial charge in [-0.1, -0.05) is 27.5 Å². The van der Waals surface area contributed by atoms with Gasteiger partial charge in [-0.2, -0.15) is 0 Å². The molecule has 0 radical (unpaired) electrons. The van der Waals surface area contributed by atoms with Crippen LogP contribution in [0, 0.1) is 0 Å². The van der Waals surface area contributed by atoms with E-state index in [1.165, 1.54) is 0 Å². The van der Waals surface area contributed by atoms with Crippen molar-refractivity contribution >= 4 is 39.1 Å². The van der Waals surface area contributed by atoms with Crippen LogP contribution in [0.2, 0.25) is 5.02 Å². The molecule has 2 aromatic carbocycles. The molecule has 20 heavy (non-hydrogen) atoms. The summed E-state index contributed by atoms with van der Waals surface area (Å²) >= 11 is 15.3. The van der Waals surface area contributed by atoms with Gasteiger partial charge in [0.2, 0.25) is 0 Å². The van der Waals surface area contributed by atoms with E-state index < -0.39 is 0 Å². The molecule has 0 spiro atoms. The molecule has 0 saturated heterocycles. The molecule has 0 unspecified atom stereocenters. The Labute approximate surface area is 136 Å². The maximum atomic E-state index is 6.00. The minimum absolute atomic E-state index is 0.370. The first-order valence-electron chi connectivity index (χ1n) is 5.93. The van der Waals surface area contributed by atoms with E-state index in [1.807, 2.05) is 30.3 Å². The van der Waals surface area contributed by atoms with E-state index in [9.17, 15) is 0 Å². The zero-order chi connectivity index (χ0) is 14.5. The molecule has 0 amide bonds. The molecule has 2 nitrogen and oxygen atoms in total. The second-order valence-corrected chi connectivity index (χ2v) is 5.75. The van der Waals surface area contributed by atoms with Crippen LogP contribution in [0.5, 0.6) is 11.5 Å². The van der Waals surface area contributed by atoms with Crippen LogP contribution in [0.3, 0.4) is 0 Å². The minimum atomic E-state index is 0.370. The van der Waals surface area contributed by atoms with Gasteiger partial charge in [0.05, 0.1) is 13.0 Å². The summed E-state index contributed by atoms with van der Waals surface area (Å²) in [6.45, 7) is 0.370. The molecule has 2 rings (SSSR count). The van der Waals surface area contributed by atoms with Crippen LogP contribution in [-0.2, 0) is 12.5 Å². The smallest absolute Gasteiger partial charge is 0.125 e. The summed E-state index contributed by atoms with van der Waals surface area (Å²) in [5.74, 6) is 1.89. The first-order chi connectivity index (χ1) is 9.63. The van der Waals surface area contributed by atoms with Gasteiger partial charge in [-0.25, -0.2) is 0 Å². The van der Waals surface area contributed by atoms with E-state index in [-0.39, 0.29) is 0 Å². The average Bonchev–Trinajstić information content (AvgIpc) is 2.46. The molecule has 0 aliphatic heterocycles. The van der Waals surface area contributed by atoms with Crippen LogP contribution in [0.25, 0.3) is 0 Å². The summed E-state index contributed by atoms with van der Waals surface area (Å²) in [7, 11) is 1.62. The Morgan fingerprint density at radius 2 is 1.80 bits per heavy atom. The summed E-state index contributed by atoms with van der Waals surface area (Å²) in [6, 6.07) is 11.2. The quantitative estimate of drug-likeness (QED) is 0.648. The third-order valence-corrected chi connectivity index (χ3v) is 3.81. The highest BCUT2D eigenvalue weighted by Crippen LogP contribution is 2.28. The van der Waals surface area contributed by atoms with Crippen LogP contribution < -0.4 is 9.47 Å². The summed E-state index contributed by atoms with van der Waals surface area (Å²) in [4.78, 5) is 0. The van der Waals surface area contributed by atoms with Gasteiger partial charge in [0.15, 0.2) is 0 Å². The second-order valence-electron chi connectivity index (χ2n) is 4.13. The van der Waals surface area contributed by atoms with Crippen molar-refractivity contribution in [1.29, 1.82) is 0 Å². The van der Waals surface area contributed by atoms with Crippen molar-refractivity contribution in [1.82, 2.24) is 0 Å². The number of ether oxygens (including phenoxy) is 2. The first kappa shape index (κ1) is 15.5. The molecule has 0 heterocycles. The second kappa shape index (κ2) is 7.21. The molecule has 0 aromatic heterocycles. The lowest BCUT2D eigenvalue weighted by Crippen LogP contribution is -2.00. The van der Waals surface area contributed by atoms with Crippen molar-refractivity contribution in [2.75, 3.05) is 7.11 Å². The molecular formula is C15H13BrCl2O2. The molecule has 0 bridgehead atoms. The van der Waals surface area contributed by atoms with Gasteiger partial charge in [-0.15, -0.1) is 11.6 Å². The van der Waals surface area contributed by atoms with E-state index in [0.717, 1.165) is 27.1 Å². The predicted molar refractivity (Wildman–Crippen MR) is 86.0 cm³/mol. The maximum absolute atomic E-state index is 6.00. The van der Waals surface area contributed by atoms with Gasteiger partial charge in [0, 0.05) is 20.6 Å². The van der Waals surface area contributed by atoms with Crippen LogP contribution in [0.15, 0.2) is 40.9 Å². The molecule has 0 atom stereocenters. The van der Waals surface area contributed by atoms with Crippen molar-refractivity contribution in [3.63, 3.8) is 0 Å². The van der Waals surface area contributed by atoms with Crippen LogP contribution in [-0.4, -0.2) is 7.11 Å². The molecule has 0 fully saturated rings. The third-order valence-electron chi connectivity index (χ3n) is 2.79. The van der Waals surface area contributed by atoms with Crippen LogP contribution >= 0.6 is 39.1 Å². The number of alkyl halides is 1. The van der Waals surface area contributed by atoms with Crippen LogP contribution in [0.4, 0.5) is 0 Å². The van der Waals surface area contributed by atoms with Gasteiger partial charge >= 0.3 is 0 Å². The molecular weight excluding hydrogens is 363 g/mol. The highest BCUT2D eigenvalue weighted by Gasteiger charge is 2.08. The Kier molecular flexibility index (Phi) is 5.58. The molecule has 0 saturated carbocycles. The number of rotatable bonds is 5. The minimum Gasteiger partial charge on any atom is -0.496 e. The van der Waals surface area contributed by atoms with Gasteiger partial charge in [0.25, 0.3) is 0 Å². The maximum Gasteiger partial charge on any atom is 0.125 e. The SMILES string of the molecule is COc1ccc(Cl)cc1COc1ccc(Br)cc1CCl. The largest absolute Gasteiger partial charge is 0.496 e. The molecule has 2 aromatic rings. The van der Waals surface area contributed by atoms with Crippen molar-refractivity contribution in [2.24, 2.45) is 0 Å². The van der Waals surface area contributed by atoms with Crippen LogP contribution in [0.1, 0.15) is 11.1 Å². The van der Waals surface area contributed by atoms with E-state index in [2.05, 4.69) is 15.9 Å². The Bertz CT molecular complexity index is 602.